The first-order valence-electron chi connectivity index (χ1n) is 7.66. The fraction of sp³-hybridized carbons (Fsp3) is 0.105. The lowest BCUT2D eigenvalue weighted by Crippen LogP contribution is -2.38. The molecule has 0 spiro atoms. The van der Waals surface area contributed by atoms with Crippen LogP contribution in [0.1, 0.15) is 38.0 Å². The summed E-state index contributed by atoms with van der Waals surface area (Å²) in [6, 6.07) is 15.2. The highest BCUT2D eigenvalue weighted by Crippen LogP contribution is 2.24. The summed E-state index contributed by atoms with van der Waals surface area (Å²) in [4.78, 5) is 37.8. The molecule has 2 aromatic carbocycles. The molecular weight excluding hydrogens is 304 g/mol. The molecule has 120 valence electrons. The molecule has 2 N–H and O–H groups in total. The number of nitrogens with one attached hydrogen (secondary N) is 2. The maximum Gasteiger partial charge on any atom is 0.255 e. The summed E-state index contributed by atoms with van der Waals surface area (Å²) >= 11 is 0. The molecule has 0 radical (unpaired) electrons. The Hall–Kier alpha value is -3.21. The Morgan fingerprint density at radius 3 is 1.96 bits per heavy atom. The molecular formula is C19H16N2O3. The van der Waals surface area contributed by atoms with E-state index < -0.39 is 5.91 Å². The maximum absolute atomic E-state index is 12.7. The normalized spacial score (nSPS) is 13.5. The number of amides is 1. The lowest BCUT2D eigenvalue weighted by atomic mass is 9.90. The third-order valence-electron chi connectivity index (χ3n) is 3.75. The van der Waals surface area contributed by atoms with Gasteiger partial charge in [-0.15, -0.1) is 0 Å². The SMILES string of the molecule is CCNC1=C(NC(=O)c2ccccc2)C(=O)c2ccccc2C1=O. The molecule has 1 aliphatic carbocycles. The minimum atomic E-state index is -0.429. The second-order valence-corrected chi connectivity index (χ2v) is 5.30. The fourth-order valence-corrected chi connectivity index (χ4v) is 2.62. The third kappa shape index (κ3) is 2.72. The van der Waals surface area contributed by atoms with Gasteiger partial charge in [-0.1, -0.05) is 42.5 Å². The zero-order chi connectivity index (χ0) is 17.1. The summed E-state index contributed by atoms with van der Waals surface area (Å²) in [5.74, 6) is -1.10. The van der Waals surface area contributed by atoms with E-state index in [4.69, 9.17) is 0 Å². The number of allylic oxidation sites excluding steroid dienone is 2. The molecule has 0 unspecified atom stereocenters. The average Bonchev–Trinajstić information content (AvgIpc) is 2.63. The van der Waals surface area contributed by atoms with Gasteiger partial charge in [0.1, 0.15) is 11.4 Å². The molecule has 0 aromatic heterocycles. The monoisotopic (exact) mass is 320 g/mol. The van der Waals surface area contributed by atoms with Gasteiger partial charge in [0, 0.05) is 23.2 Å². The lowest BCUT2D eigenvalue weighted by molar-refractivity contribution is 0.0917. The van der Waals surface area contributed by atoms with Crippen molar-refractivity contribution in [3.63, 3.8) is 0 Å². The van der Waals surface area contributed by atoms with Crippen LogP contribution < -0.4 is 10.6 Å². The Morgan fingerprint density at radius 2 is 1.38 bits per heavy atom. The van der Waals surface area contributed by atoms with Crippen molar-refractivity contribution in [2.45, 2.75) is 6.92 Å². The van der Waals surface area contributed by atoms with Crippen LogP contribution in [-0.4, -0.2) is 24.0 Å². The molecule has 0 atom stereocenters. The van der Waals surface area contributed by atoms with Gasteiger partial charge < -0.3 is 10.6 Å². The predicted molar refractivity (Wildman–Crippen MR) is 89.7 cm³/mol. The van der Waals surface area contributed by atoms with Gasteiger partial charge in [0.2, 0.25) is 11.6 Å². The highest BCUT2D eigenvalue weighted by molar-refractivity contribution is 6.27. The van der Waals surface area contributed by atoms with Crippen LogP contribution in [0.4, 0.5) is 0 Å². The zero-order valence-electron chi connectivity index (χ0n) is 13.1. The minimum Gasteiger partial charge on any atom is -0.380 e. The van der Waals surface area contributed by atoms with Crippen molar-refractivity contribution in [2.24, 2.45) is 0 Å². The lowest BCUT2D eigenvalue weighted by Gasteiger charge is -2.22. The molecule has 0 fully saturated rings. The van der Waals surface area contributed by atoms with E-state index in [1.54, 1.807) is 54.6 Å². The van der Waals surface area contributed by atoms with Crippen LogP contribution in [0.3, 0.4) is 0 Å². The second-order valence-electron chi connectivity index (χ2n) is 5.30. The summed E-state index contributed by atoms with van der Waals surface area (Å²) in [7, 11) is 0. The molecule has 1 amide bonds. The molecule has 0 aliphatic heterocycles. The summed E-state index contributed by atoms with van der Waals surface area (Å²) in [6.07, 6.45) is 0. The Morgan fingerprint density at radius 1 is 0.833 bits per heavy atom. The van der Waals surface area contributed by atoms with Crippen molar-refractivity contribution in [1.82, 2.24) is 10.6 Å². The smallest absolute Gasteiger partial charge is 0.255 e. The van der Waals surface area contributed by atoms with Gasteiger partial charge in [-0.25, -0.2) is 0 Å². The third-order valence-corrected chi connectivity index (χ3v) is 3.75. The van der Waals surface area contributed by atoms with Crippen molar-refractivity contribution >= 4 is 17.5 Å². The highest BCUT2D eigenvalue weighted by atomic mass is 16.2. The van der Waals surface area contributed by atoms with E-state index in [2.05, 4.69) is 10.6 Å². The minimum absolute atomic E-state index is 0.00518. The molecule has 5 heteroatoms. The number of fused-ring (bicyclic) bond motifs is 1. The molecule has 0 bridgehead atoms. The van der Waals surface area contributed by atoms with E-state index in [9.17, 15) is 14.4 Å². The van der Waals surface area contributed by atoms with Crippen molar-refractivity contribution in [3.8, 4) is 0 Å². The number of Topliss-reactive ketones (excluding diaryl/α,β-unsaturated/α-hetero) is 2. The molecule has 2 aromatic rings. The van der Waals surface area contributed by atoms with Crippen molar-refractivity contribution in [2.75, 3.05) is 6.54 Å². The molecule has 0 heterocycles. The molecule has 5 nitrogen and oxygen atoms in total. The van der Waals surface area contributed by atoms with Crippen LogP contribution in [0.5, 0.6) is 0 Å². The average molecular weight is 320 g/mol. The molecule has 3 rings (SSSR count). The van der Waals surface area contributed by atoms with E-state index in [1.807, 2.05) is 6.92 Å². The molecule has 0 saturated heterocycles. The van der Waals surface area contributed by atoms with Gasteiger partial charge in [-0.05, 0) is 19.1 Å². The molecule has 0 saturated carbocycles. The summed E-state index contributed by atoms with van der Waals surface area (Å²) in [6.45, 7) is 2.28. The first-order chi connectivity index (χ1) is 11.6. The number of ketones is 2. The fourth-order valence-electron chi connectivity index (χ4n) is 2.62. The van der Waals surface area contributed by atoms with Gasteiger partial charge in [0.05, 0.1) is 0 Å². The Labute approximate surface area is 139 Å². The first-order valence-corrected chi connectivity index (χ1v) is 7.66. The first kappa shape index (κ1) is 15.7. The van der Waals surface area contributed by atoms with Gasteiger partial charge >= 0.3 is 0 Å². The second kappa shape index (κ2) is 6.50. The number of likely N-dealkylation sites (N-methyl/N-ethyl adjacent to an activating group) is 1. The number of rotatable bonds is 4. The van der Waals surface area contributed by atoms with Crippen LogP contribution in [0.2, 0.25) is 0 Å². The van der Waals surface area contributed by atoms with Gasteiger partial charge in [-0.3, -0.25) is 14.4 Å². The van der Waals surface area contributed by atoms with Gasteiger partial charge in [-0.2, -0.15) is 0 Å². The highest BCUT2D eigenvalue weighted by Gasteiger charge is 2.32. The van der Waals surface area contributed by atoms with Crippen LogP contribution in [-0.2, 0) is 0 Å². The molecule has 24 heavy (non-hydrogen) atoms. The van der Waals surface area contributed by atoms with Crippen LogP contribution >= 0.6 is 0 Å². The van der Waals surface area contributed by atoms with Gasteiger partial charge in [0.15, 0.2) is 0 Å². The van der Waals surface area contributed by atoms with Gasteiger partial charge in [0.25, 0.3) is 5.91 Å². The Balaban J connectivity index is 2.02. The standard InChI is InChI=1S/C19H16N2O3/c1-2-20-15-16(21-19(24)12-8-4-3-5-9-12)18(23)14-11-7-6-10-13(14)17(15)22/h3-11,20H,2H2,1H3,(H,21,24). The number of benzene rings is 2. The van der Waals surface area contributed by atoms with Crippen LogP contribution in [0, 0.1) is 0 Å². The zero-order valence-corrected chi connectivity index (χ0v) is 13.1. The number of carbonyl (C=O) groups excluding carboxylic acids is 3. The maximum atomic E-state index is 12.7. The number of hydrogen-bond donors (Lipinski definition) is 2. The van der Waals surface area contributed by atoms with E-state index in [1.165, 1.54) is 0 Å². The van der Waals surface area contributed by atoms with E-state index in [-0.39, 0.29) is 23.0 Å². The van der Waals surface area contributed by atoms with Crippen molar-refractivity contribution < 1.29 is 14.4 Å². The largest absolute Gasteiger partial charge is 0.380 e. The van der Waals surface area contributed by atoms with E-state index in [0.717, 1.165) is 0 Å². The van der Waals surface area contributed by atoms with Crippen LogP contribution in [0.25, 0.3) is 0 Å². The van der Waals surface area contributed by atoms with E-state index in [0.29, 0.717) is 23.2 Å². The summed E-state index contributed by atoms with van der Waals surface area (Å²) in [5, 5.41) is 5.51. The van der Waals surface area contributed by atoms with Crippen LogP contribution in [0.15, 0.2) is 66.0 Å². The quantitative estimate of drug-likeness (QED) is 0.906. The van der Waals surface area contributed by atoms with Crippen molar-refractivity contribution in [3.05, 3.63) is 82.7 Å². The number of carbonyl (C=O) groups is 3. The summed E-state index contributed by atoms with van der Waals surface area (Å²) < 4.78 is 0. The summed E-state index contributed by atoms with van der Waals surface area (Å²) in [5.41, 5.74) is 1.18. The number of hydrogen-bond acceptors (Lipinski definition) is 4. The van der Waals surface area contributed by atoms with E-state index >= 15 is 0 Å². The Bertz CT molecular complexity index is 854. The Kier molecular flexibility index (Phi) is 4.24. The predicted octanol–water partition coefficient (Wildman–Crippen LogP) is 2.32. The van der Waals surface area contributed by atoms with Crippen molar-refractivity contribution in [1.29, 1.82) is 0 Å². The topological polar surface area (TPSA) is 75.3 Å². The molecule has 1 aliphatic rings.